The summed E-state index contributed by atoms with van der Waals surface area (Å²) in [7, 11) is 3.92. The predicted molar refractivity (Wildman–Crippen MR) is 59.5 cm³/mol. The molecule has 0 aliphatic carbocycles. The van der Waals surface area contributed by atoms with Gasteiger partial charge in [0.05, 0.1) is 12.6 Å². The fourth-order valence-electron chi connectivity index (χ4n) is 1.60. The van der Waals surface area contributed by atoms with Gasteiger partial charge in [-0.2, -0.15) is 0 Å². The molecule has 0 aliphatic heterocycles. The number of aryl methyl sites for hydroxylation is 2. The van der Waals surface area contributed by atoms with E-state index in [0.717, 1.165) is 11.6 Å². The lowest BCUT2D eigenvalue weighted by Gasteiger charge is -2.12. The van der Waals surface area contributed by atoms with Gasteiger partial charge in [0.15, 0.2) is 0 Å². The van der Waals surface area contributed by atoms with E-state index in [1.807, 2.05) is 29.4 Å². The molecule has 0 aromatic carbocycles. The van der Waals surface area contributed by atoms with Crippen LogP contribution in [0, 0.1) is 0 Å². The SMILES string of the molecule is CC(NCc1nncn1C)c1nccn1C. The van der Waals surface area contributed by atoms with Crippen molar-refractivity contribution in [3.63, 3.8) is 0 Å². The molecule has 6 heteroatoms. The first-order chi connectivity index (χ1) is 7.68. The third-order valence-electron chi connectivity index (χ3n) is 2.62. The first-order valence-electron chi connectivity index (χ1n) is 5.22. The summed E-state index contributed by atoms with van der Waals surface area (Å²) in [4.78, 5) is 4.30. The molecule has 2 aromatic rings. The Morgan fingerprint density at radius 1 is 1.38 bits per heavy atom. The average Bonchev–Trinajstić information content (AvgIpc) is 2.84. The Morgan fingerprint density at radius 2 is 2.19 bits per heavy atom. The molecule has 1 unspecified atom stereocenters. The van der Waals surface area contributed by atoms with E-state index in [0.29, 0.717) is 6.54 Å². The van der Waals surface area contributed by atoms with Gasteiger partial charge >= 0.3 is 0 Å². The van der Waals surface area contributed by atoms with Crippen LogP contribution in [0.25, 0.3) is 0 Å². The molecule has 6 nitrogen and oxygen atoms in total. The van der Waals surface area contributed by atoms with Crippen molar-refractivity contribution < 1.29 is 0 Å². The molecule has 0 aliphatic rings. The smallest absolute Gasteiger partial charge is 0.146 e. The van der Waals surface area contributed by atoms with Gasteiger partial charge in [-0.3, -0.25) is 0 Å². The van der Waals surface area contributed by atoms with E-state index in [2.05, 4.69) is 27.4 Å². The fourth-order valence-corrected chi connectivity index (χ4v) is 1.60. The van der Waals surface area contributed by atoms with Gasteiger partial charge in [-0.25, -0.2) is 4.98 Å². The lowest BCUT2D eigenvalue weighted by atomic mass is 10.3. The van der Waals surface area contributed by atoms with Crippen LogP contribution < -0.4 is 5.32 Å². The molecule has 2 rings (SSSR count). The summed E-state index contributed by atoms with van der Waals surface area (Å²) in [5.74, 6) is 1.93. The number of nitrogens with zero attached hydrogens (tertiary/aromatic N) is 5. The van der Waals surface area contributed by atoms with Crippen molar-refractivity contribution in [2.75, 3.05) is 0 Å². The number of hydrogen-bond acceptors (Lipinski definition) is 4. The van der Waals surface area contributed by atoms with Gasteiger partial charge in [-0.05, 0) is 6.92 Å². The van der Waals surface area contributed by atoms with E-state index in [4.69, 9.17) is 0 Å². The second-order valence-electron chi connectivity index (χ2n) is 3.86. The number of imidazole rings is 1. The number of nitrogens with one attached hydrogen (secondary N) is 1. The highest BCUT2D eigenvalue weighted by molar-refractivity contribution is 4.97. The van der Waals surface area contributed by atoms with Gasteiger partial charge in [-0.1, -0.05) is 0 Å². The lowest BCUT2D eigenvalue weighted by Crippen LogP contribution is -2.22. The maximum atomic E-state index is 4.30. The summed E-state index contributed by atoms with van der Waals surface area (Å²) in [6, 6.07) is 0.191. The molecule has 0 spiro atoms. The highest BCUT2D eigenvalue weighted by Gasteiger charge is 2.10. The van der Waals surface area contributed by atoms with E-state index >= 15 is 0 Å². The van der Waals surface area contributed by atoms with Crippen molar-refractivity contribution in [3.8, 4) is 0 Å². The van der Waals surface area contributed by atoms with Crippen molar-refractivity contribution in [3.05, 3.63) is 30.4 Å². The van der Waals surface area contributed by atoms with E-state index < -0.39 is 0 Å². The maximum absolute atomic E-state index is 4.30. The molecular formula is C10H16N6. The Hall–Kier alpha value is -1.69. The monoisotopic (exact) mass is 220 g/mol. The van der Waals surface area contributed by atoms with Crippen LogP contribution in [0.15, 0.2) is 18.7 Å². The normalized spacial score (nSPS) is 12.9. The van der Waals surface area contributed by atoms with Crippen LogP contribution in [-0.4, -0.2) is 24.3 Å². The zero-order valence-corrected chi connectivity index (χ0v) is 9.75. The summed E-state index contributed by atoms with van der Waals surface area (Å²) in [6.07, 6.45) is 5.44. The van der Waals surface area contributed by atoms with Gasteiger partial charge in [0.1, 0.15) is 18.0 Å². The third kappa shape index (κ3) is 2.11. The Morgan fingerprint density at radius 3 is 2.75 bits per heavy atom. The van der Waals surface area contributed by atoms with Gasteiger partial charge in [0, 0.05) is 26.5 Å². The Kier molecular flexibility index (Phi) is 3.00. The summed E-state index contributed by atoms with van der Waals surface area (Å²) in [5.41, 5.74) is 0. The van der Waals surface area contributed by atoms with Crippen LogP contribution in [-0.2, 0) is 20.6 Å². The minimum atomic E-state index is 0.191. The summed E-state index contributed by atoms with van der Waals surface area (Å²) < 4.78 is 3.91. The highest BCUT2D eigenvalue weighted by Crippen LogP contribution is 2.08. The van der Waals surface area contributed by atoms with E-state index in [-0.39, 0.29) is 6.04 Å². The van der Waals surface area contributed by atoms with Crippen LogP contribution in [0.1, 0.15) is 24.6 Å². The summed E-state index contributed by atoms with van der Waals surface area (Å²) in [5, 5.41) is 11.2. The number of hydrogen-bond donors (Lipinski definition) is 1. The van der Waals surface area contributed by atoms with E-state index in [9.17, 15) is 0 Å². The van der Waals surface area contributed by atoms with Gasteiger partial charge < -0.3 is 14.5 Å². The molecule has 0 amide bonds. The zero-order chi connectivity index (χ0) is 11.5. The number of rotatable bonds is 4. The van der Waals surface area contributed by atoms with Crippen molar-refractivity contribution >= 4 is 0 Å². The van der Waals surface area contributed by atoms with Crippen molar-refractivity contribution in [2.24, 2.45) is 14.1 Å². The fraction of sp³-hybridized carbons (Fsp3) is 0.500. The molecule has 16 heavy (non-hydrogen) atoms. The van der Waals surface area contributed by atoms with Crippen molar-refractivity contribution in [1.29, 1.82) is 0 Å². The van der Waals surface area contributed by atoms with Crippen LogP contribution in [0.5, 0.6) is 0 Å². The number of aromatic nitrogens is 5. The molecule has 2 heterocycles. The first-order valence-corrected chi connectivity index (χ1v) is 5.22. The summed E-state index contributed by atoms with van der Waals surface area (Å²) in [6.45, 7) is 2.77. The molecule has 1 atom stereocenters. The predicted octanol–water partition coefficient (Wildman–Crippen LogP) is 0.399. The largest absolute Gasteiger partial charge is 0.337 e. The quantitative estimate of drug-likeness (QED) is 0.810. The van der Waals surface area contributed by atoms with Crippen LogP contribution in [0.4, 0.5) is 0 Å². The van der Waals surface area contributed by atoms with Crippen molar-refractivity contribution in [2.45, 2.75) is 19.5 Å². The average molecular weight is 220 g/mol. The van der Waals surface area contributed by atoms with Gasteiger partial charge in [0.2, 0.25) is 0 Å². The third-order valence-corrected chi connectivity index (χ3v) is 2.62. The van der Waals surface area contributed by atoms with E-state index in [1.54, 1.807) is 12.5 Å². The highest BCUT2D eigenvalue weighted by atomic mass is 15.3. The van der Waals surface area contributed by atoms with Gasteiger partial charge in [0.25, 0.3) is 0 Å². The summed E-state index contributed by atoms with van der Waals surface area (Å²) >= 11 is 0. The molecule has 0 saturated heterocycles. The first kappa shape index (κ1) is 10.8. The molecular weight excluding hydrogens is 204 g/mol. The lowest BCUT2D eigenvalue weighted by molar-refractivity contribution is 0.512. The molecule has 0 bridgehead atoms. The maximum Gasteiger partial charge on any atom is 0.146 e. The molecule has 1 N–H and O–H groups in total. The Labute approximate surface area is 94.3 Å². The Bertz CT molecular complexity index is 457. The van der Waals surface area contributed by atoms with Crippen LogP contribution in [0.3, 0.4) is 0 Å². The Balaban J connectivity index is 1.97. The zero-order valence-electron chi connectivity index (χ0n) is 9.75. The molecule has 2 aromatic heterocycles. The minimum Gasteiger partial charge on any atom is -0.337 e. The minimum absolute atomic E-state index is 0.191. The molecule has 0 saturated carbocycles. The van der Waals surface area contributed by atoms with E-state index in [1.165, 1.54) is 0 Å². The molecule has 86 valence electrons. The van der Waals surface area contributed by atoms with Crippen molar-refractivity contribution in [1.82, 2.24) is 29.6 Å². The molecule has 0 fully saturated rings. The van der Waals surface area contributed by atoms with Crippen LogP contribution >= 0.6 is 0 Å². The van der Waals surface area contributed by atoms with Gasteiger partial charge in [-0.15, -0.1) is 10.2 Å². The second kappa shape index (κ2) is 4.44. The topological polar surface area (TPSA) is 60.6 Å². The second-order valence-corrected chi connectivity index (χ2v) is 3.86. The standard InChI is InChI=1S/C10H16N6/c1-8(10-11-4-5-15(10)2)12-6-9-14-13-7-16(9)3/h4-5,7-8,12H,6H2,1-3H3. The molecule has 0 radical (unpaired) electrons. The van der Waals surface area contributed by atoms with Crippen LogP contribution in [0.2, 0.25) is 0 Å².